The van der Waals surface area contributed by atoms with Crippen molar-refractivity contribution in [3.63, 3.8) is 0 Å². The number of hydrogen-bond acceptors (Lipinski definition) is 4. The molecule has 1 heterocycles. The van der Waals surface area contributed by atoms with Gasteiger partial charge in [0.15, 0.2) is 5.43 Å². The summed E-state index contributed by atoms with van der Waals surface area (Å²) in [5, 5.41) is 10.2. The summed E-state index contributed by atoms with van der Waals surface area (Å²) in [5.74, 6) is 1.07. The molecular weight excluding hydrogens is 282 g/mol. The highest BCUT2D eigenvalue weighted by atomic mass is 16.5. The van der Waals surface area contributed by atoms with E-state index in [1.807, 2.05) is 24.3 Å². The van der Waals surface area contributed by atoms with Crippen LogP contribution in [0.15, 0.2) is 47.3 Å². The molecular formula is C17H15NO4. The molecule has 0 aliphatic heterocycles. The van der Waals surface area contributed by atoms with Gasteiger partial charge in [-0.3, -0.25) is 4.79 Å². The first-order valence-corrected chi connectivity index (χ1v) is 6.71. The summed E-state index contributed by atoms with van der Waals surface area (Å²) in [4.78, 5) is 15.5. The summed E-state index contributed by atoms with van der Waals surface area (Å²) >= 11 is 0. The van der Waals surface area contributed by atoms with Crippen molar-refractivity contribution < 1.29 is 14.6 Å². The zero-order valence-electron chi connectivity index (χ0n) is 12.2. The Morgan fingerprint density at radius 3 is 2.50 bits per heavy atom. The average molecular weight is 297 g/mol. The number of benzene rings is 2. The number of pyridine rings is 1. The van der Waals surface area contributed by atoms with Crippen LogP contribution in [0.1, 0.15) is 0 Å². The van der Waals surface area contributed by atoms with Gasteiger partial charge in [-0.15, -0.1) is 0 Å². The lowest BCUT2D eigenvalue weighted by Crippen LogP contribution is -2.03. The maximum absolute atomic E-state index is 12.3. The fourth-order valence-corrected chi connectivity index (χ4v) is 2.41. The van der Waals surface area contributed by atoms with Crippen LogP contribution < -0.4 is 14.9 Å². The number of H-pyrrole nitrogens is 1. The molecule has 3 aromatic rings. The summed E-state index contributed by atoms with van der Waals surface area (Å²) in [6.45, 7) is 0. The fourth-order valence-electron chi connectivity index (χ4n) is 2.41. The number of hydrogen-bond donors (Lipinski definition) is 2. The molecule has 2 aromatic carbocycles. The third-order valence-electron chi connectivity index (χ3n) is 3.50. The molecule has 0 amide bonds. The number of rotatable bonds is 3. The monoisotopic (exact) mass is 297 g/mol. The maximum Gasteiger partial charge on any atom is 0.193 e. The molecule has 0 radical (unpaired) electrons. The molecule has 0 spiro atoms. The van der Waals surface area contributed by atoms with Crippen LogP contribution in [0, 0.1) is 0 Å². The molecule has 0 bridgehead atoms. The number of ether oxygens (including phenoxy) is 2. The number of phenolic OH excluding ortho intramolecular Hbond substituents is 1. The van der Waals surface area contributed by atoms with E-state index in [1.54, 1.807) is 13.2 Å². The van der Waals surface area contributed by atoms with Crippen molar-refractivity contribution in [2.45, 2.75) is 0 Å². The van der Waals surface area contributed by atoms with E-state index >= 15 is 0 Å². The lowest BCUT2D eigenvalue weighted by Gasteiger charge is -2.09. The number of fused-ring (bicyclic) bond motifs is 1. The van der Waals surface area contributed by atoms with Gasteiger partial charge in [-0.05, 0) is 12.1 Å². The summed E-state index contributed by atoms with van der Waals surface area (Å²) in [5.41, 5.74) is 1.72. The third-order valence-corrected chi connectivity index (χ3v) is 3.50. The minimum Gasteiger partial charge on any atom is -0.507 e. The number of phenols is 1. The van der Waals surface area contributed by atoms with E-state index in [1.165, 1.54) is 19.2 Å². The molecule has 1 aromatic heterocycles. The van der Waals surface area contributed by atoms with Crippen LogP contribution >= 0.6 is 0 Å². The normalized spacial score (nSPS) is 10.6. The highest BCUT2D eigenvalue weighted by molar-refractivity contribution is 5.88. The minimum atomic E-state index is -0.258. The first kappa shape index (κ1) is 14.0. The van der Waals surface area contributed by atoms with Gasteiger partial charge in [0.05, 0.1) is 25.1 Å². The Bertz CT molecular complexity index is 899. The lowest BCUT2D eigenvalue weighted by molar-refractivity contribution is 0.409. The van der Waals surface area contributed by atoms with Gasteiger partial charge in [0.2, 0.25) is 0 Å². The molecule has 112 valence electrons. The van der Waals surface area contributed by atoms with Crippen molar-refractivity contribution in [1.29, 1.82) is 0 Å². The largest absolute Gasteiger partial charge is 0.507 e. The number of methoxy groups -OCH3 is 2. The number of aromatic nitrogens is 1. The Hall–Kier alpha value is -2.95. The van der Waals surface area contributed by atoms with E-state index in [4.69, 9.17) is 9.47 Å². The molecule has 2 N–H and O–H groups in total. The van der Waals surface area contributed by atoms with Gasteiger partial charge in [-0.1, -0.05) is 12.1 Å². The zero-order valence-corrected chi connectivity index (χ0v) is 12.2. The average Bonchev–Trinajstić information content (AvgIpc) is 2.54. The standard InChI is InChI=1S/C17H15NO4/c1-21-11-5-3-4-10(6-11)13-9-16(20)17-14(18-13)7-12(22-2)8-15(17)19/h3-9,19H,1-2H3,(H,18,20). The summed E-state index contributed by atoms with van der Waals surface area (Å²) in [6.07, 6.45) is 0. The number of aromatic amines is 1. The predicted octanol–water partition coefficient (Wildman–Crippen LogP) is 2.92. The molecule has 22 heavy (non-hydrogen) atoms. The van der Waals surface area contributed by atoms with Gasteiger partial charge in [-0.25, -0.2) is 0 Å². The second-order valence-electron chi connectivity index (χ2n) is 4.85. The number of nitrogens with one attached hydrogen (secondary N) is 1. The van der Waals surface area contributed by atoms with Crippen LogP contribution in [-0.4, -0.2) is 24.3 Å². The molecule has 0 aliphatic carbocycles. The van der Waals surface area contributed by atoms with E-state index in [-0.39, 0.29) is 16.6 Å². The first-order chi connectivity index (χ1) is 10.6. The smallest absolute Gasteiger partial charge is 0.193 e. The van der Waals surface area contributed by atoms with Crippen LogP contribution in [0.4, 0.5) is 0 Å². The summed E-state index contributed by atoms with van der Waals surface area (Å²) < 4.78 is 10.3. The van der Waals surface area contributed by atoms with Gasteiger partial charge < -0.3 is 19.6 Å². The van der Waals surface area contributed by atoms with E-state index in [0.717, 1.165) is 5.56 Å². The summed E-state index contributed by atoms with van der Waals surface area (Å²) in [7, 11) is 3.09. The van der Waals surface area contributed by atoms with Crippen molar-refractivity contribution in [2.24, 2.45) is 0 Å². The van der Waals surface area contributed by atoms with Crippen molar-refractivity contribution >= 4 is 10.9 Å². The predicted molar refractivity (Wildman–Crippen MR) is 84.8 cm³/mol. The molecule has 0 saturated carbocycles. The maximum atomic E-state index is 12.3. The third kappa shape index (κ3) is 2.37. The highest BCUT2D eigenvalue weighted by Gasteiger charge is 2.10. The number of aromatic hydroxyl groups is 1. The second kappa shape index (κ2) is 5.44. The first-order valence-electron chi connectivity index (χ1n) is 6.71. The molecule has 5 heteroatoms. The molecule has 0 fully saturated rings. The Labute approximate surface area is 126 Å². The minimum absolute atomic E-state index is 0.104. The zero-order chi connectivity index (χ0) is 15.7. The molecule has 0 unspecified atom stereocenters. The fraction of sp³-hybridized carbons (Fsp3) is 0.118. The van der Waals surface area contributed by atoms with Gasteiger partial charge in [0.1, 0.15) is 17.2 Å². The van der Waals surface area contributed by atoms with Gasteiger partial charge in [0.25, 0.3) is 0 Å². The lowest BCUT2D eigenvalue weighted by atomic mass is 10.1. The van der Waals surface area contributed by atoms with Crippen molar-refractivity contribution in [3.05, 3.63) is 52.7 Å². The molecule has 5 nitrogen and oxygen atoms in total. The highest BCUT2D eigenvalue weighted by Crippen LogP contribution is 2.29. The molecule has 0 saturated heterocycles. The van der Waals surface area contributed by atoms with Crippen molar-refractivity contribution in [1.82, 2.24) is 4.98 Å². The van der Waals surface area contributed by atoms with Crippen molar-refractivity contribution in [3.8, 4) is 28.5 Å². The van der Waals surface area contributed by atoms with E-state index in [2.05, 4.69) is 4.98 Å². The van der Waals surface area contributed by atoms with Gasteiger partial charge in [-0.2, -0.15) is 0 Å². The molecule has 0 atom stereocenters. The SMILES string of the molecule is COc1cccc(-c2cc(=O)c3c(O)cc(OC)cc3[nH]2)c1. The van der Waals surface area contributed by atoms with Crippen LogP contribution in [0.2, 0.25) is 0 Å². The molecule has 3 rings (SSSR count). The van der Waals surface area contributed by atoms with E-state index in [0.29, 0.717) is 22.7 Å². The van der Waals surface area contributed by atoms with E-state index < -0.39 is 0 Å². The quantitative estimate of drug-likeness (QED) is 0.779. The van der Waals surface area contributed by atoms with Crippen LogP contribution in [0.25, 0.3) is 22.2 Å². The van der Waals surface area contributed by atoms with Crippen molar-refractivity contribution in [2.75, 3.05) is 14.2 Å². The Morgan fingerprint density at radius 1 is 1.00 bits per heavy atom. The van der Waals surface area contributed by atoms with Gasteiger partial charge >= 0.3 is 0 Å². The summed E-state index contributed by atoms with van der Waals surface area (Å²) in [6, 6.07) is 11.9. The second-order valence-corrected chi connectivity index (χ2v) is 4.85. The Morgan fingerprint density at radius 2 is 1.77 bits per heavy atom. The van der Waals surface area contributed by atoms with Crippen LogP contribution in [-0.2, 0) is 0 Å². The van der Waals surface area contributed by atoms with Crippen LogP contribution in [0.3, 0.4) is 0 Å². The molecule has 0 aliphatic rings. The van der Waals surface area contributed by atoms with E-state index in [9.17, 15) is 9.90 Å². The Balaban J connectivity index is 2.25. The Kier molecular flexibility index (Phi) is 3.47. The van der Waals surface area contributed by atoms with Crippen LogP contribution in [0.5, 0.6) is 17.2 Å². The van der Waals surface area contributed by atoms with Gasteiger partial charge in [0, 0.05) is 29.5 Å². The topological polar surface area (TPSA) is 71.6 Å².